The molecule has 0 aromatic heterocycles. The fourth-order valence-electron chi connectivity index (χ4n) is 2.12. The maximum Gasteiger partial charge on any atom is 0.342 e. The summed E-state index contributed by atoms with van der Waals surface area (Å²) >= 11 is 0. The second-order valence-electron chi connectivity index (χ2n) is 5.07. The highest BCUT2D eigenvalue weighted by Gasteiger charge is 2.16. The number of methoxy groups -OCH3 is 3. The monoisotopic (exact) mass is 361 g/mol. The van der Waals surface area contributed by atoms with Crippen LogP contribution in [0.1, 0.15) is 10.4 Å². The Hall–Kier alpha value is -3.42. The average Bonchev–Trinajstić information content (AvgIpc) is 2.65. The molecule has 2 N–H and O–H groups in total. The van der Waals surface area contributed by atoms with Crippen LogP contribution < -0.4 is 19.5 Å². The highest BCUT2D eigenvalue weighted by molar-refractivity contribution is 5.97. The number of amides is 1. The van der Waals surface area contributed by atoms with Crippen LogP contribution in [-0.2, 0) is 9.53 Å². The molecular weight excluding hydrogens is 342 g/mol. The number of anilines is 1. The number of hydrogen-bond acceptors (Lipinski definition) is 7. The Bertz CT molecular complexity index is 804. The highest BCUT2D eigenvalue weighted by atomic mass is 16.5. The maximum absolute atomic E-state index is 12.0. The molecule has 0 atom stereocenters. The van der Waals surface area contributed by atoms with Gasteiger partial charge in [-0.2, -0.15) is 0 Å². The minimum absolute atomic E-state index is 0.0717. The summed E-state index contributed by atoms with van der Waals surface area (Å²) in [5, 5.41) is 12.4. The van der Waals surface area contributed by atoms with Crippen LogP contribution in [0.2, 0.25) is 0 Å². The SMILES string of the molecule is COc1ccc(C(=O)OCC(=O)Nc2cc(OC)ccc2OC)c(O)c1. The Morgan fingerprint density at radius 3 is 2.23 bits per heavy atom. The lowest BCUT2D eigenvalue weighted by Crippen LogP contribution is -2.21. The number of carbonyl (C=O) groups is 2. The first-order valence-electron chi connectivity index (χ1n) is 7.54. The van der Waals surface area contributed by atoms with Gasteiger partial charge in [0.2, 0.25) is 0 Å². The molecule has 8 heteroatoms. The minimum atomic E-state index is -0.835. The first kappa shape index (κ1) is 18.9. The molecule has 0 bridgehead atoms. The molecule has 0 aliphatic rings. The number of benzene rings is 2. The van der Waals surface area contributed by atoms with Gasteiger partial charge in [-0.05, 0) is 24.3 Å². The van der Waals surface area contributed by atoms with Crippen LogP contribution in [0.5, 0.6) is 23.0 Å². The molecular formula is C18H19NO7. The Morgan fingerprint density at radius 1 is 0.962 bits per heavy atom. The first-order chi connectivity index (χ1) is 12.5. The van der Waals surface area contributed by atoms with E-state index in [0.717, 1.165) is 0 Å². The first-order valence-corrected chi connectivity index (χ1v) is 7.54. The maximum atomic E-state index is 12.0. The molecule has 26 heavy (non-hydrogen) atoms. The largest absolute Gasteiger partial charge is 0.507 e. The predicted octanol–water partition coefficient (Wildman–Crippen LogP) is 2.21. The average molecular weight is 361 g/mol. The standard InChI is InChI=1S/C18H19NO7/c1-23-11-5-7-16(25-3)14(8-11)19-17(21)10-26-18(22)13-6-4-12(24-2)9-15(13)20/h4-9,20H,10H2,1-3H3,(H,19,21). The highest BCUT2D eigenvalue weighted by Crippen LogP contribution is 2.29. The molecule has 8 nitrogen and oxygen atoms in total. The van der Waals surface area contributed by atoms with Crippen molar-refractivity contribution in [2.45, 2.75) is 0 Å². The van der Waals surface area contributed by atoms with Crippen molar-refractivity contribution in [1.29, 1.82) is 0 Å². The van der Waals surface area contributed by atoms with Gasteiger partial charge in [-0.3, -0.25) is 4.79 Å². The zero-order valence-corrected chi connectivity index (χ0v) is 14.6. The lowest BCUT2D eigenvalue weighted by atomic mass is 10.2. The minimum Gasteiger partial charge on any atom is -0.507 e. The van der Waals surface area contributed by atoms with Crippen LogP contribution in [-0.4, -0.2) is 44.9 Å². The van der Waals surface area contributed by atoms with Gasteiger partial charge in [0.05, 0.1) is 27.0 Å². The number of ether oxygens (including phenoxy) is 4. The molecule has 2 rings (SSSR count). The van der Waals surface area contributed by atoms with Gasteiger partial charge in [-0.1, -0.05) is 0 Å². The third-order valence-electron chi connectivity index (χ3n) is 3.44. The molecule has 0 saturated carbocycles. The van der Waals surface area contributed by atoms with Crippen molar-refractivity contribution < 1.29 is 33.6 Å². The Labute approximate surface area is 150 Å². The summed E-state index contributed by atoms with van der Waals surface area (Å²) < 4.78 is 20.1. The molecule has 0 aliphatic heterocycles. The smallest absolute Gasteiger partial charge is 0.342 e. The number of hydrogen-bond donors (Lipinski definition) is 2. The summed E-state index contributed by atoms with van der Waals surface area (Å²) in [5.41, 5.74) is 0.303. The lowest BCUT2D eigenvalue weighted by molar-refractivity contribution is -0.119. The van der Waals surface area contributed by atoms with E-state index < -0.39 is 18.5 Å². The molecule has 0 fully saturated rings. The van der Waals surface area contributed by atoms with Crippen molar-refractivity contribution in [1.82, 2.24) is 0 Å². The fraction of sp³-hybridized carbons (Fsp3) is 0.222. The number of aromatic hydroxyl groups is 1. The van der Waals surface area contributed by atoms with Crippen LogP contribution in [0.15, 0.2) is 36.4 Å². The third-order valence-corrected chi connectivity index (χ3v) is 3.44. The molecule has 1 amide bonds. The van der Waals surface area contributed by atoms with Crippen molar-refractivity contribution in [3.63, 3.8) is 0 Å². The zero-order chi connectivity index (χ0) is 19.1. The van der Waals surface area contributed by atoms with E-state index in [9.17, 15) is 14.7 Å². The second kappa shape index (κ2) is 8.61. The molecule has 0 saturated heterocycles. The van der Waals surface area contributed by atoms with E-state index >= 15 is 0 Å². The molecule has 0 spiro atoms. The molecule has 138 valence electrons. The fourth-order valence-corrected chi connectivity index (χ4v) is 2.12. The van der Waals surface area contributed by atoms with E-state index in [4.69, 9.17) is 18.9 Å². The lowest BCUT2D eigenvalue weighted by Gasteiger charge is -2.12. The van der Waals surface area contributed by atoms with Crippen molar-refractivity contribution >= 4 is 17.6 Å². The number of nitrogens with one attached hydrogen (secondary N) is 1. The Balaban J connectivity index is 1.99. The summed E-state index contributed by atoms with van der Waals surface area (Å²) in [5.74, 6) is -0.360. The predicted molar refractivity (Wildman–Crippen MR) is 93.1 cm³/mol. The van der Waals surface area contributed by atoms with Crippen molar-refractivity contribution in [2.24, 2.45) is 0 Å². The van der Waals surface area contributed by atoms with Crippen LogP contribution in [0.3, 0.4) is 0 Å². The topological polar surface area (TPSA) is 103 Å². The number of rotatable bonds is 7. The van der Waals surface area contributed by atoms with E-state index in [-0.39, 0.29) is 11.3 Å². The normalized spacial score (nSPS) is 9.96. The van der Waals surface area contributed by atoms with E-state index in [1.54, 1.807) is 18.2 Å². The van der Waals surface area contributed by atoms with Gasteiger partial charge in [0.15, 0.2) is 6.61 Å². The van der Waals surface area contributed by atoms with Crippen LogP contribution in [0.25, 0.3) is 0 Å². The molecule has 2 aromatic carbocycles. The second-order valence-corrected chi connectivity index (χ2v) is 5.07. The van der Waals surface area contributed by atoms with E-state index in [2.05, 4.69) is 5.32 Å². The van der Waals surface area contributed by atoms with Crippen LogP contribution >= 0.6 is 0 Å². The summed E-state index contributed by atoms with van der Waals surface area (Å²) in [6.07, 6.45) is 0. The van der Waals surface area contributed by atoms with Gasteiger partial charge in [-0.15, -0.1) is 0 Å². The molecule has 0 aliphatic carbocycles. The van der Waals surface area contributed by atoms with E-state index in [1.807, 2.05) is 0 Å². The number of phenolic OH excluding ortho intramolecular Hbond substituents is 1. The number of esters is 1. The van der Waals surface area contributed by atoms with Gasteiger partial charge in [-0.25, -0.2) is 4.79 Å². The molecule has 0 heterocycles. The molecule has 2 aromatic rings. The Morgan fingerprint density at radius 2 is 1.62 bits per heavy atom. The van der Waals surface area contributed by atoms with E-state index in [1.165, 1.54) is 39.5 Å². The van der Waals surface area contributed by atoms with Gasteiger partial charge < -0.3 is 29.4 Å². The van der Waals surface area contributed by atoms with Crippen molar-refractivity contribution in [3.8, 4) is 23.0 Å². The van der Waals surface area contributed by atoms with Crippen LogP contribution in [0.4, 0.5) is 5.69 Å². The van der Waals surface area contributed by atoms with Gasteiger partial charge in [0.1, 0.15) is 28.6 Å². The molecule has 0 unspecified atom stereocenters. The van der Waals surface area contributed by atoms with Gasteiger partial charge >= 0.3 is 5.97 Å². The van der Waals surface area contributed by atoms with Crippen molar-refractivity contribution in [2.75, 3.05) is 33.3 Å². The third kappa shape index (κ3) is 4.56. The summed E-state index contributed by atoms with van der Waals surface area (Å²) in [4.78, 5) is 24.0. The van der Waals surface area contributed by atoms with Crippen LogP contribution in [0, 0.1) is 0 Å². The van der Waals surface area contributed by atoms with Gasteiger partial charge in [0, 0.05) is 12.1 Å². The summed E-state index contributed by atoms with van der Waals surface area (Å²) in [6.45, 7) is -0.537. The quantitative estimate of drug-likeness (QED) is 0.729. The van der Waals surface area contributed by atoms with E-state index in [0.29, 0.717) is 22.9 Å². The molecule has 0 radical (unpaired) electrons. The van der Waals surface area contributed by atoms with Crippen molar-refractivity contribution in [3.05, 3.63) is 42.0 Å². The number of carbonyl (C=O) groups excluding carboxylic acids is 2. The summed E-state index contributed by atoms with van der Waals surface area (Å²) in [7, 11) is 4.39. The zero-order valence-electron chi connectivity index (χ0n) is 14.6. The Kier molecular flexibility index (Phi) is 6.26. The number of phenols is 1. The summed E-state index contributed by atoms with van der Waals surface area (Å²) in [6, 6.07) is 9.01. The van der Waals surface area contributed by atoms with Gasteiger partial charge in [0.25, 0.3) is 5.91 Å².